The van der Waals surface area contributed by atoms with Gasteiger partial charge in [-0.15, -0.1) is 0 Å². The number of rotatable bonds is 9. The Labute approximate surface area is 251 Å². The number of ether oxygens (including phenoxy) is 1. The first-order valence-electron chi connectivity index (χ1n) is 14.0. The summed E-state index contributed by atoms with van der Waals surface area (Å²) in [6.07, 6.45) is 0.642. The molecule has 0 saturated carbocycles. The molecule has 0 fully saturated rings. The van der Waals surface area contributed by atoms with Crippen molar-refractivity contribution in [2.45, 2.75) is 18.9 Å². The number of amides is 3. The molecule has 0 saturated heterocycles. The zero-order valence-corrected chi connectivity index (χ0v) is 23.4. The molecule has 4 aromatic carbocycles. The lowest BCUT2D eigenvalue weighted by atomic mass is 10.0. The van der Waals surface area contributed by atoms with Gasteiger partial charge in [-0.1, -0.05) is 72.8 Å². The van der Waals surface area contributed by atoms with Gasteiger partial charge in [-0.25, -0.2) is 9.59 Å². The molecule has 1 N–H and O–H groups in total. The topological polar surface area (TPSA) is 123 Å². The molecule has 3 amide bonds. The fourth-order valence-corrected chi connectivity index (χ4v) is 5.17. The number of imide groups is 1. The van der Waals surface area contributed by atoms with Crippen LogP contribution in [0.2, 0.25) is 0 Å². The number of carbonyl (C=O) groups excluding carboxylic acids is 4. The largest absolute Gasteiger partial charge is 0.425 e. The van der Waals surface area contributed by atoms with Crippen LogP contribution < -0.4 is 15.7 Å². The van der Waals surface area contributed by atoms with Crippen molar-refractivity contribution in [2.75, 3.05) is 6.54 Å². The van der Waals surface area contributed by atoms with E-state index in [-0.39, 0.29) is 34.4 Å². The van der Waals surface area contributed by atoms with Gasteiger partial charge in [0, 0.05) is 24.4 Å². The highest BCUT2D eigenvalue weighted by Crippen LogP contribution is 2.28. The van der Waals surface area contributed by atoms with Gasteiger partial charge in [-0.05, 0) is 47.9 Å². The number of nitrogens with one attached hydrogen (secondary N) is 1. The molecule has 9 nitrogen and oxygen atoms in total. The molecule has 218 valence electrons. The fourth-order valence-electron chi connectivity index (χ4n) is 5.17. The zero-order valence-electron chi connectivity index (χ0n) is 23.4. The molecule has 5 aromatic rings. The average molecular weight is 587 g/mol. The van der Waals surface area contributed by atoms with E-state index in [0.29, 0.717) is 18.4 Å². The molecule has 1 aromatic heterocycles. The summed E-state index contributed by atoms with van der Waals surface area (Å²) in [6.45, 7) is 0.340. The first-order chi connectivity index (χ1) is 21.4. The molecule has 1 aliphatic heterocycles. The highest BCUT2D eigenvalue weighted by atomic mass is 16.5. The van der Waals surface area contributed by atoms with Gasteiger partial charge in [-0.3, -0.25) is 19.3 Å². The van der Waals surface area contributed by atoms with E-state index in [4.69, 9.17) is 9.15 Å². The van der Waals surface area contributed by atoms with Gasteiger partial charge in [0.25, 0.3) is 17.7 Å². The smallest absolute Gasteiger partial charge is 0.349 e. The molecule has 1 aliphatic rings. The second-order valence-corrected chi connectivity index (χ2v) is 10.3. The van der Waals surface area contributed by atoms with Crippen LogP contribution in [0.5, 0.6) is 5.75 Å². The van der Waals surface area contributed by atoms with Crippen molar-refractivity contribution in [2.24, 2.45) is 0 Å². The standard InChI is InChI=1S/C35H26N2O7/c38-31(36-18-17-22-9-3-1-4-10-22)28-20-24-15-16-25(21-30(24)44-34(28)41)43-35(42)29(19-23-11-5-2-6-12-23)37-32(39)26-13-7-8-14-27(26)33(37)40/h1-16,20-21,29H,17-19H2,(H,36,38). The van der Waals surface area contributed by atoms with E-state index in [1.54, 1.807) is 54.6 Å². The Hall–Kier alpha value is -5.83. The monoisotopic (exact) mass is 586 g/mol. The highest BCUT2D eigenvalue weighted by Gasteiger charge is 2.43. The minimum absolute atomic E-state index is 0.0382. The van der Waals surface area contributed by atoms with E-state index in [1.165, 1.54) is 18.2 Å². The Bertz CT molecular complexity index is 1920. The molecule has 6 rings (SSSR count). The van der Waals surface area contributed by atoms with E-state index < -0.39 is 35.4 Å². The van der Waals surface area contributed by atoms with Crippen LogP contribution in [0.25, 0.3) is 11.0 Å². The van der Waals surface area contributed by atoms with E-state index in [0.717, 1.165) is 16.0 Å². The van der Waals surface area contributed by atoms with Crippen LogP contribution in [0.4, 0.5) is 0 Å². The van der Waals surface area contributed by atoms with Gasteiger partial charge in [-0.2, -0.15) is 0 Å². The highest BCUT2D eigenvalue weighted by molar-refractivity contribution is 6.22. The number of benzene rings is 4. The molecule has 0 radical (unpaired) electrons. The summed E-state index contributed by atoms with van der Waals surface area (Å²) < 4.78 is 11.1. The Balaban J connectivity index is 1.21. The summed E-state index contributed by atoms with van der Waals surface area (Å²) in [4.78, 5) is 66.4. The summed E-state index contributed by atoms with van der Waals surface area (Å²) in [5.41, 5.74) is 1.32. The number of nitrogens with zero attached hydrogens (tertiary/aromatic N) is 1. The first-order valence-corrected chi connectivity index (χ1v) is 14.0. The van der Waals surface area contributed by atoms with Crippen molar-refractivity contribution in [3.8, 4) is 5.75 Å². The maximum Gasteiger partial charge on any atom is 0.349 e. The van der Waals surface area contributed by atoms with Crippen LogP contribution >= 0.6 is 0 Å². The molecular formula is C35H26N2O7. The van der Waals surface area contributed by atoms with Crippen LogP contribution in [0.3, 0.4) is 0 Å². The van der Waals surface area contributed by atoms with Crippen molar-refractivity contribution in [1.29, 1.82) is 0 Å². The van der Waals surface area contributed by atoms with Gasteiger partial charge in [0.2, 0.25) is 0 Å². The lowest BCUT2D eigenvalue weighted by Gasteiger charge is -2.24. The second-order valence-electron chi connectivity index (χ2n) is 10.3. The lowest BCUT2D eigenvalue weighted by Crippen LogP contribution is -2.48. The molecule has 1 unspecified atom stereocenters. The third-order valence-corrected chi connectivity index (χ3v) is 7.39. The van der Waals surface area contributed by atoms with Gasteiger partial charge < -0.3 is 14.5 Å². The van der Waals surface area contributed by atoms with Crippen LogP contribution in [-0.2, 0) is 17.6 Å². The Morgan fingerprint density at radius 3 is 2.02 bits per heavy atom. The molecule has 0 bridgehead atoms. The van der Waals surface area contributed by atoms with Crippen LogP contribution in [-0.4, -0.2) is 41.2 Å². The normalized spacial score (nSPS) is 13.0. The van der Waals surface area contributed by atoms with Crippen molar-refractivity contribution in [3.63, 3.8) is 0 Å². The van der Waals surface area contributed by atoms with Gasteiger partial charge in [0.05, 0.1) is 11.1 Å². The first kappa shape index (κ1) is 28.3. The number of fused-ring (bicyclic) bond motifs is 2. The van der Waals surface area contributed by atoms with Crippen molar-refractivity contribution in [3.05, 3.63) is 147 Å². The van der Waals surface area contributed by atoms with Crippen molar-refractivity contribution in [1.82, 2.24) is 10.2 Å². The second kappa shape index (κ2) is 12.2. The lowest BCUT2D eigenvalue weighted by molar-refractivity contribution is -0.138. The Morgan fingerprint density at radius 2 is 1.36 bits per heavy atom. The summed E-state index contributed by atoms with van der Waals surface area (Å²) in [7, 11) is 0. The van der Waals surface area contributed by atoms with E-state index in [1.807, 2.05) is 36.4 Å². The molecule has 9 heteroatoms. The minimum Gasteiger partial charge on any atom is -0.425 e. The summed E-state index contributed by atoms with van der Waals surface area (Å²) in [6, 6.07) is 29.6. The molecule has 44 heavy (non-hydrogen) atoms. The summed E-state index contributed by atoms with van der Waals surface area (Å²) >= 11 is 0. The van der Waals surface area contributed by atoms with E-state index in [2.05, 4.69) is 5.32 Å². The number of esters is 1. The maximum absolute atomic E-state index is 13.6. The molecule has 0 spiro atoms. The number of carbonyl (C=O) groups is 4. The SMILES string of the molecule is O=C(NCCc1ccccc1)c1cc2ccc(OC(=O)C(Cc3ccccc3)N3C(=O)c4ccccc4C3=O)cc2oc1=O. The molecule has 1 atom stereocenters. The van der Waals surface area contributed by atoms with Crippen LogP contribution in [0, 0.1) is 0 Å². The van der Waals surface area contributed by atoms with E-state index in [9.17, 15) is 24.0 Å². The van der Waals surface area contributed by atoms with Gasteiger partial charge in [0.1, 0.15) is 22.9 Å². The van der Waals surface area contributed by atoms with Crippen LogP contribution in [0.15, 0.2) is 118 Å². The summed E-state index contributed by atoms with van der Waals surface area (Å²) in [5.74, 6) is -2.51. The Kier molecular flexibility index (Phi) is 7.84. The molecule has 2 heterocycles. The number of hydrogen-bond donors (Lipinski definition) is 1. The minimum atomic E-state index is -1.26. The summed E-state index contributed by atoms with van der Waals surface area (Å²) in [5, 5.41) is 3.18. The molecule has 0 aliphatic carbocycles. The van der Waals surface area contributed by atoms with Gasteiger partial charge >= 0.3 is 11.6 Å². The van der Waals surface area contributed by atoms with E-state index >= 15 is 0 Å². The predicted octanol–water partition coefficient (Wildman–Crippen LogP) is 4.58. The third-order valence-electron chi connectivity index (χ3n) is 7.39. The third kappa shape index (κ3) is 5.76. The predicted molar refractivity (Wildman–Crippen MR) is 161 cm³/mol. The zero-order chi connectivity index (χ0) is 30.6. The fraction of sp³-hybridized carbons (Fsp3) is 0.114. The molecular weight excluding hydrogens is 560 g/mol. The van der Waals surface area contributed by atoms with Crippen molar-refractivity contribution >= 4 is 34.7 Å². The van der Waals surface area contributed by atoms with Crippen molar-refractivity contribution < 1.29 is 28.3 Å². The van der Waals surface area contributed by atoms with Crippen LogP contribution in [0.1, 0.15) is 42.2 Å². The number of hydrogen-bond acceptors (Lipinski definition) is 7. The quantitative estimate of drug-likeness (QED) is 0.116. The maximum atomic E-state index is 13.6. The average Bonchev–Trinajstić information content (AvgIpc) is 3.29. The Morgan fingerprint density at radius 1 is 0.750 bits per heavy atom. The van der Waals surface area contributed by atoms with Gasteiger partial charge in [0.15, 0.2) is 0 Å².